The fourth-order valence-electron chi connectivity index (χ4n) is 2.27. The molecule has 0 aliphatic heterocycles. The largest absolute Gasteiger partial charge is 0.464 e. The van der Waals surface area contributed by atoms with Crippen LogP contribution >= 0.6 is 11.6 Å². The number of hydrogen-bond acceptors (Lipinski definition) is 4. The molecular formula is C14H21ClN4O. The van der Waals surface area contributed by atoms with Crippen LogP contribution in [0.5, 0.6) is 0 Å². The van der Waals surface area contributed by atoms with Crippen LogP contribution in [0.3, 0.4) is 0 Å². The van der Waals surface area contributed by atoms with Crippen molar-refractivity contribution in [1.29, 1.82) is 0 Å². The lowest BCUT2D eigenvalue weighted by Gasteiger charge is -2.14. The first-order valence-electron chi connectivity index (χ1n) is 6.87. The van der Waals surface area contributed by atoms with Crippen LogP contribution in [-0.2, 0) is 19.4 Å². The van der Waals surface area contributed by atoms with E-state index in [9.17, 15) is 0 Å². The van der Waals surface area contributed by atoms with E-state index in [1.54, 1.807) is 0 Å². The molecule has 0 saturated carbocycles. The van der Waals surface area contributed by atoms with E-state index in [4.69, 9.17) is 21.9 Å². The summed E-state index contributed by atoms with van der Waals surface area (Å²) in [6.45, 7) is 6.78. The maximum atomic E-state index is 6.33. The van der Waals surface area contributed by atoms with Crippen LogP contribution in [0.1, 0.15) is 42.8 Å². The number of nitrogens with two attached hydrogens (primary N) is 1. The lowest BCUT2D eigenvalue weighted by molar-refractivity contribution is 0.390. The number of furan rings is 1. The summed E-state index contributed by atoms with van der Waals surface area (Å²) in [6.07, 6.45) is 1.50. The molecule has 2 aromatic rings. The number of aryl methyl sites for hydroxylation is 3. The van der Waals surface area contributed by atoms with Gasteiger partial charge in [0.25, 0.3) is 0 Å². The van der Waals surface area contributed by atoms with Gasteiger partial charge in [-0.3, -0.25) is 10.5 Å². The van der Waals surface area contributed by atoms with Crippen molar-refractivity contribution >= 4 is 11.6 Å². The maximum absolute atomic E-state index is 6.33. The molecule has 3 N–H and O–H groups in total. The second-order valence-electron chi connectivity index (χ2n) is 4.74. The zero-order valence-corrected chi connectivity index (χ0v) is 12.9. The van der Waals surface area contributed by atoms with Crippen LogP contribution in [0.25, 0.3) is 0 Å². The summed E-state index contributed by atoms with van der Waals surface area (Å²) in [5, 5.41) is 5.12. The highest BCUT2D eigenvalue weighted by molar-refractivity contribution is 6.31. The van der Waals surface area contributed by atoms with Gasteiger partial charge in [-0.05, 0) is 26.0 Å². The average Bonchev–Trinajstić information content (AvgIpc) is 3.03. The highest BCUT2D eigenvalue weighted by Gasteiger charge is 2.20. The van der Waals surface area contributed by atoms with E-state index in [2.05, 4.69) is 17.4 Å². The summed E-state index contributed by atoms with van der Waals surface area (Å²) < 4.78 is 7.67. The van der Waals surface area contributed by atoms with E-state index in [1.165, 1.54) is 0 Å². The second kappa shape index (κ2) is 6.43. The van der Waals surface area contributed by atoms with Gasteiger partial charge >= 0.3 is 0 Å². The van der Waals surface area contributed by atoms with Crippen LogP contribution in [0.2, 0.25) is 5.02 Å². The summed E-state index contributed by atoms with van der Waals surface area (Å²) >= 11 is 6.33. The highest BCUT2D eigenvalue weighted by Crippen LogP contribution is 2.26. The van der Waals surface area contributed by atoms with Crippen molar-refractivity contribution in [3.63, 3.8) is 0 Å². The Bertz CT molecular complexity index is 576. The molecule has 5 nitrogen and oxygen atoms in total. The van der Waals surface area contributed by atoms with Crippen LogP contribution in [-0.4, -0.2) is 9.78 Å². The monoisotopic (exact) mass is 296 g/mol. The number of nitrogens with one attached hydrogen (secondary N) is 1. The molecule has 0 aliphatic carbocycles. The molecule has 0 radical (unpaired) electrons. The van der Waals surface area contributed by atoms with E-state index in [0.29, 0.717) is 11.4 Å². The Morgan fingerprint density at radius 2 is 2.20 bits per heavy atom. The van der Waals surface area contributed by atoms with Gasteiger partial charge in [0.2, 0.25) is 0 Å². The van der Waals surface area contributed by atoms with Gasteiger partial charge < -0.3 is 4.42 Å². The summed E-state index contributed by atoms with van der Waals surface area (Å²) in [7, 11) is 0. The summed E-state index contributed by atoms with van der Waals surface area (Å²) in [5.74, 6) is 7.44. The van der Waals surface area contributed by atoms with Crippen LogP contribution in [0, 0.1) is 6.92 Å². The first-order chi connectivity index (χ1) is 9.60. The van der Waals surface area contributed by atoms with Gasteiger partial charge in [0.1, 0.15) is 11.5 Å². The fourth-order valence-corrected chi connectivity index (χ4v) is 2.48. The highest BCUT2D eigenvalue weighted by atomic mass is 35.5. The molecule has 6 heteroatoms. The van der Waals surface area contributed by atoms with E-state index in [1.807, 2.05) is 30.7 Å². The van der Waals surface area contributed by atoms with Crippen molar-refractivity contribution in [2.75, 3.05) is 0 Å². The van der Waals surface area contributed by atoms with Crippen LogP contribution in [0.4, 0.5) is 0 Å². The third kappa shape index (κ3) is 2.90. The quantitative estimate of drug-likeness (QED) is 0.635. The van der Waals surface area contributed by atoms with Gasteiger partial charge in [-0.25, -0.2) is 5.43 Å². The lowest BCUT2D eigenvalue weighted by atomic mass is 10.1. The number of nitrogens with zero attached hydrogens (tertiary/aromatic N) is 2. The Balaban J connectivity index is 2.26. The molecule has 1 atom stereocenters. The predicted molar refractivity (Wildman–Crippen MR) is 79.5 cm³/mol. The number of halogens is 1. The third-order valence-corrected chi connectivity index (χ3v) is 3.92. The second-order valence-corrected chi connectivity index (χ2v) is 5.12. The Hall–Kier alpha value is -1.30. The number of aromatic nitrogens is 2. The minimum atomic E-state index is -0.116. The van der Waals surface area contributed by atoms with Gasteiger partial charge in [-0.15, -0.1) is 0 Å². The standard InChI is InChI=1S/C14H21ClN4O/c1-4-10-6-7-13(20-10)11(17-16)8-12-14(15)9(3)18-19(12)5-2/h6-7,11,17H,4-5,8,16H2,1-3H3. The Labute approximate surface area is 124 Å². The lowest BCUT2D eigenvalue weighted by Crippen LogP contribution is -2.30. The molecule has 2 heterocycles. The molecule has 0 amide bonds. The molecule has 0 saturated heterocycles. The first kappa shape index (κ1) is 15.1. The van der Waals surface area contributed by atoms with Crippen LogP contribution < -0.4 is 11.3 Å². The van der Waals surface area contributed by atoms with Crippen molar-refractivity contribution in [2.45, 2.75) is 46.2 Å². The molecule has 2 aromatic heterocycles. The van der Waals surface area contributed by atoms with Crippen LogP contribution in [0.15, 0.2) is 16.5 Å². The number of hydrogen-bond donors (Lipinski definition) is 2. The molecule has 0 bridgehead atoms. The van der Waals surface area contributed by atoms with Crippen molar-refractivity contribution < 1.29 is 4.42 Å². The Kier molecular flexibility index (Phi) is 4.86. The minimum absolute atomic E-state index is 0.116. The molecule has 0 fully saturated rings. The maximum Gasteiger partial charge on any atom is 0.122 e. The first-order valence-corrected chi connectivity index (χ1v) is 7.24. The van der Waals surface area contributed by atoms with Crippen molar-refractivity contribution in [3.05, 3.63) is 40.1 Å². The van der Waals surface area contributed by atoms with E-state index < -0.39 is 0 Å². The van der Waals surface area contributed by atoms with Gasteiger partial charge in [0.15, 0.2) is 0 Å². The molecule has 1 unspecified atom stereocenters. The normalized spacial score (nSPS) is 12.8. The van der Waals surface area contributed by atoms with Gasteiger partial charge in [0.05, 0.1) is 22.5 Å². The number of hydrazine groups is 1. The predicted octanol–water partition coefficient (Wildman–Crippen LogP) is 2.77. The zero-order chi connectivity index (χ0) is 14.7. The Morgan fingerprint density at radius 3 is 2.75 bits per heavy atom. The molecule has 0 spiro atoms. The smallest absolute Gasteiger partial charge is 0.122 e. The summed E-state index contributed by atoms with van der Waals surface area (Å²) in [4.78, 5) is 0. The van der Waals surface area contributed by atoms with Crippen molar-refractivity contribution in [3.8, 4) is 0 Å². The molecule has 0 aliphatic rings. The molecule has 2 rings (SSSR count). The van der Waals surface area contributed by atoms with E-state index >= 15 is 0 Å². The van der Waals surface area contributed by atoms with E-state index in [-0.39, 0.29) is 6.04 Å². The average molecular weight is 297 g/mol. The van der Waals surface area contributed by atoms with Gasteiger partial charge in [-0.1, -0.05) is 18.5 Å². The summed E-state index contributed by atoms with van der Waals surface area (Å²) in [6, 6.07) is 3.81. The number of rotatable bonds is 6. The van der Waals surface area contributed by atoms with E-state index in [0.717, 1.165) is 35.9 Å². The van der Waals surface area contributed by atoms with Gasteiger partial charge in [0, 0.05) is 19.4 Å². The van der Waals surface area contributed by atoms with Crippen molar-refractivity contribution in [1.82, 2.24) is 15.2 Å². The molecule has 0 aromatic carbocycles. The fraction of sp³-hybridized carbons (Fsp3) is 0.500. The molecule has 20 heavy (non-hydrogen) atoms. The Morgan fingerprint density at radius 1 is 1.45 bits per heavy atom. The third-order valence-electron chi connectivity index (χ3n) is 3.43. The SMILES string of the molecule is CCc1ccc(C(Cc2c(Cl)c(C)nn2CC)NN)o1. The minimum Gasteiger partial charge on any atom is -0.464 e. The molecular weight excluding hydrogens is 276 g/mol. The topological polar surface area (TPSA) is 69.0 Å². The van der Waals surface area contributed by atoms with Gasteiger partial charge in [-0.2, -0.15) is 5.10 Å². The molecule has 110 valence electrons. The van der Waals surface area contributed by atoms with Crippen molar-refractivity contribution in [2.24, 2.45) is 5.84 Å². The summed E-state index contributed by atoms with van der Waals surface area (Å²) in [5.41, 5.74) is 4.62. The zero-order valence-electron chi connectivity index (χ0n) is 12.1.